The number of carbonyl (C=O) groups is 1. The van der Waals surface area contributed by atoms with Crippen LogP contribution in [0.15, 0.2) is 35.5 Å². The molecule has 0 saturated heterocycles. The van der Waals surface area contributed by atoms with Gasteiger partial charge in [-0.15, -0.1) is 0 Å². The summed E-state index contributed by atoms with van der Waals surface area (Å²) in [4.78, 5) is 16.8. The van der Waals surface area contributed by atoms with Crippen molar-refractivity contribution in [2.45, 2.75) is 50.7 Å². The predicted octanol–water partition coefficient (Wildman–Crippen LogP) is 4.35. The van der Waals surface area contributed by atoms with Crippen molar-refractivity contribution in [1.29, 1.82) is 0 Å². The Labute approximate surface area is 141 Å². The summed E-state index contributed by atoms with van der Waals surface area (Å²) in [5, 5.41) is 3.91. The van der Waals surface area contributed by atoms with Gasteiger partial charge in [-0.3, -0.25) is 4.79 Å². The van der Waals surface area contributed by atoms with Gasteiger partial charge in [-0.25, -0.2) is 4.98 Å². The van der Waals surface area contributed by atoms with Gasteiger partial charge in [0.15, 0.2) is 5.16 Å². The van der Waals surface area contributed by atoms with Crippen molar-refractivity contribution in [3.05, 3.63) is 41.7 Å². The van der Waals surface area contributed by atoms with Gasteiger partial charge in [-0.2, -0.15) is 0 Å². The zero-order valence-corrected chi connectivity index (χ0v) is 14.5. The number of anilines is 1. The second-order valence-corrected chi connectivity index (χ2v) is 7.02. The van der Waals surface area contributed by atoms with Gasteiger partial charge in [0.05, 0.1) is 11.4 Å². The lowest BCUT2D eigenvalue weighted by atomic mass is 10.2. The fraction of sp³-hybridized carbons (Fsp3) is 0.444. The van der Waals surface area contributed by atoms with E-state index >= 15 is 0 Å². The average molecular weight is 329 g/mol. The van der Waals surface area contributed by atoms with Gasteiger partial charge in [0.2, 0.25) is 5.91 Å². The summed E-state index contributed by atoms with van der Waals surface area (Å²) in [6.07, 6.45) is 5.03. The minimum absolute atomic E-state index is 0.0116. The van der Waals surface area contributed by atoms with Crippen molar-refractivity contribution < 1.29 is 4.79 Å². The maximum atomic E-state index is 12.1. The van der Waals surface area contributed by atoms with Gasteiger partial charge < -0.3 is 9.88 Å². The van der Waals surface area contributed by atoms with E-state index in [1.54, 1.807) is 0 Å². The highest BCUT2D eigenvalue weighted by Gasteiger charge is 2.23. The molecule has 5 heteroatoms. The molecule has 1 fully saturated rings. The lowest BCUT2D eigenvalue weighted by molar-refractivity contribution is -0.113. The molecule has 0 unspecified atom stereocenters. The summed E-state index contributed by atoms with van der Waals surface area (Å²) >= 11 is 1.54. The fourth-order valence-electron chi connectivity index (χ4n) is 3.14. The number of hydrogen-bond acceptors (Lipinski definition) is 3. The molecule has 1 aliphatic carbocycles. The predicted molar refractivity (Wildman–Crippen MR) is 95.0 cm³/mol. The van der Waals surface area contributed by atoms with Gasteiger partial charge in [0, 0.05) is 17.4 Å². The smallest absolute Gasteiger partial charge is 0.234 e. The summed E-state index contributed by atoms with van der Waals surface area (Å²) < 4.78 is 2.35. The highest BCUT2D eigenvalue weighted by molar-refractivity contribution is 7.99. The zero-order valence-electron chi connectivity index (χ0n) is 13.7. The summed E-state index contributed by atoms with van der Waals surface area (Å²) in [5.41, 5.74) is 3.15. The number of rotatable bonds is 5. The first kappa shape index (κ1) is 16.1. The summed E-state index contributed by atoms with van der Waals surface area (Å²) in [5.74, 6) is 0.398. The van der Waals surface area contributed by atoms with Crippen LogP contribution in [0.3, 0.4) is 0 Å². The van der Waals surface area contributed by atoms with Crippen molar-refractivity contribution in [3.8, 4) is 0 Å². The van der Waals surface area contributed by atoms with Crippen LogP contribution >= 0.6 is 11.8 Å². The minimum atomic E-state index is 0.0116. The molecule has 3 rings (SSSR count). The van der Waals surface area contributed by atoms with Gasteiger partial charge in [-0.1, -0.05) is 42.8 Å². The van der Waals surface area contributed by atoms with E-state index in [0.717, 1.165) is 16.5 Å². The first-order valence-electron chi connectivity index (χ1n) is 8.18. The Morgan fingerprint density at radius 3 is 2.65 bits per heavy atom. The number of aromatic nitrogens is 2. The van der Waals surface area contributed by atoms with Crippen LogP contribution in [0.1, 0.15) is 43.1 Å². The molecule has 0 bridgehead atoms. The van der Waals surface area contributed by atoms with Gasteiger partial charge in [0.1, 0.15) is 0 Å². The number of para-hydroxylation sites is 1. The van der Waals surface area contributed by atoms with E-state index in [9.17, 15) is 4.79 Å². The molecule has 4 nitrogen and oxygen atoms in total. The van der Waals surface area contributed by atoms with Gasteiger partial charge >= 0.3 is 0 Å². The van der Waals surface area contributed by atoms with E-state index in [1.165, 1.54) is 43.1 Å². The van der Waals surface area contributed by atoms with Crippen molar-refractivity contribution in [2.24, 2.45) is 0 Å². The van der Waals surface area contributed by atoms with Crippen molar-refractivity contribution in [1.82, 2.24) is 9.55 Å². The number of benzene rings is 1. The Kier molecular flexibility index (Phi) is 5.06. The number of carbonyl (C=O) groups excluding carboxylic acids is 1. The van der Waals surface area contributed by atoms with Crippen LogP contribution in [0, 0.1) is 13.8 Å². The van der Waals surface area contributed by atoms with Crippen LogP contribution in [-0.4, -0.2) is 21.2 Å². The van der Waals surface area contributed by atoms with E-state index in [-0.39, 0.29) is 5.91 Å². The number of nitrogens with zero attached hydrogens (tertiary/aromatic N) is 2. The lowest BCUT2D eigenvalue weighted by Crippen LogP contribution is -2.15. The van der Waals surface area contributed by atoms with Crippen molar-refractivity contribution in [2.75, 3.05) is 11.1 Å². The van der Waals surface area contributed by atoms with Crippen LogP contribution in [0.25, 0.3) is 0 Å². The molecule has 1 saturated carbocycles. The standard InChI is InChI=1S/C18H23N3OS/c1-13-14(2)21(16-10-6-7-11-16)18(19-13)23-12-17(22)20-15-8-4-3-5-9-15/h3-5,8-9,16H,6-7,10-12H2,1-2H3,(H,20,22). The van der Waals surface area contributed by atoms with Crippen LogP contribution in [0.5, 0.6) is 0 Å². The molecule has 2 aromatic rings. The topological polar surface area (TPSA) is 46.9 Å². The largest absolute Gasteiger partial charge is 0.325 e. The molecule has 1 N–H and O–H groups in total. The molecule has 0 radical (unpaired) electrons. The molecule has 0 atom stereocenters. The second-order valence-electron chi connectivity index (χ2n) is 6.08. The maximum Gasteiger partial charge on any atom is 0.234 e. The van der Waals surface area contributed by atoms with Crippen LogP contribution in [-0.2, 0) is 4.79 Å². The average Bonchev–Trinajstić information content (AvgIpc) is 3.15. The fourth-order valence-corrected chi connectivity index (χ4v) is 4.10. The Balaban J connectivity index is 1.66. The van der Waals surface area contributed by atoms with Crippen LogP contribution < -0.4 is 5.32 Å². The van der Waals surface area contributed by atoms with E-state index < -0.39 is 0 Å². The molecule has 1 aromatic heterocycles. The minimum Gasteiger partial charge on any atom is -0.325 e. The van der Waals surface area contributed by atoms with Crippen LogP contribution in [0.2, 0.25) is 0 Å². The maximum absolute atomic E-state index is 12.1. The highest BCUT2D eigenvalue weighted by atomic mass is 32.2. The third-order valence-electron chi connectivity index (χ3n) is 4.43. The van der Waals surface area contributed by atoms with Crippen LogP contribution in [0.4, 0.5) is 5.69 Å². The number of thioether (sulfide) groups is 1. The molecule has 23 heavy (non-hydrogen) atoms. The van der Waals surface area contributed by atoms with Crippen molar-refractivity contribution in [3.63, 3.8) is 0 Å². The molecular weight excluding hydrogens is 306 g/mol. The third-order valence-corrected chi connectivity index (χ3v) is 5.39. The van der Waals surface area contributed by atoms with E-state index in [1.807, 2.05) is 30.3 Å². The number of amides is 1. The zero-order chi connectivity index (χ0) is 16.2. The van der Waals surface area contributed by atoms with E-state index in [2.05, 4.69) is 28.7 Å². The molecular formula is C18H23N3OS. The molecule has 1 amide bonds. The Morgan fingerprint density at radius 1 is 1.26 bits per heavy atom. The van der Waals surface area contributed by atoms with E-state index in [0.29, 0.717) is 11.8 Å². The molecule has 1 heterocycles. The van der Waals surface area contributed by atoms with Gasteiger partial charge in [0.25, 0.3) is 0 Å². The number of aryl methyl sites for hydroxylation is 1. The number of hydrogen-bond donors (Lipinski definition) is 1. The number of imidazole rings is 1. The quantitative estimate of drug-likeness (QED) is 0.830. The monoisotopic (exact) mass is 329 g/mol. The van der Waals surface area contributed by atoms with E-state index in [4.69, 9.17) is 0 Å². The third kappa shape index (κ3) is 3.78. The number of nitrogens with one attached hydrogen (secondary N) is 1. The lowest BCUT2D eigenvalue weighted by Gasteiger charge is -2.16. The normalized spacial score (nSPS) is 15.0. The van der Waals surface area contributed by atoms with Crippen molar-refractivity contribution >= 4 is 23.4 Å². The molecule has 1 aliphatic rings. The molecule has 0 aliphatic heterocycles. The highest BCUT2D eigenvalue weighted by Crippen LogP contribution is 2.35. The first-order valence-corrected chi connectivity index (χ1v) is 9.17. The first-order chi connectivity index (χ1) is 11.1. The Hall–Kier alpha value is -1.75. The summed E-state index contributed by atoms with van der Waals surface area (Å²) in [6.45, 7) is 4.18. The SMILES string of the molecule is Cc1nc(SCC(=O)Nc2ccccc2)n(C2CCCC2)c1C. The Bertz CT molecular complexity index is 675. The molecule has 0 spiro atoms. The molecule has 1 aromatic carbocycles. The second kappa shape index (κ2) is 7.21. The summed E-state index contributed by atoms with van der Waals surface area (Å²) in [6, 6.07) is 10.1. The summed E-state index contributed by atoms with van der Waals surface area (Å²) in [7, 11) is 0. The molecule has 122 valence electrons. The van der Waals surface area contributed by atoms with Gasteiger partial charge in [-0.05, 0) is 38.8 Å². The Morgan fingerprint density at radius 2 is 1.96 bits per heavy atom.